The largest absolute Gasteiger partial charge is 0.359 e. The molecule has 12 heavy (non-hydrogen) atoms. The Bertz CT molecular complexity index is 214. The summed E-state index contributed by atoms with van der Waals surface area (Å²) in [5.41, 5.74) is 0. The summed E-state index contributed by atoms with van der Waals surface area (Å²) in [6.45, 7) is 1.49. The number of amides is 4. The molecule has 0 spiro atoms. The quantitative estimate of drug-likeness (QED) is 0.599. The first-order chi connectivity index (χ1) is 5.46. The Labute approximate surface area is 83.7 Å². The molecule has 0 aliphatic carbocycles. The molecule has 0 aromatic carbocycles. The van der Waals surface area contributed by atoms with Crippen molar-refractivity contribution < 1.29 is 9.59 Å². The second-order valence-electron chi connectivity index (χ2n) is 2.10. The summed E-state index contributed by atoms with van der Waals surface area (Å²) in [4.78, 5) is 21.9. The van der Waals surface area contributed by atoms with Crippen LogP contribution in [0.25, 0.3) is 0 Å². The third kappa shape index (κ3) is 1.28. The number of hydrogen-bond donors (Lipinski definition) is 0. The van der Waals surface area contributed by atoms with Crippen molar-refractivity contribution in [2.75, 3.05) is 0 Å². The van der Waals surface area contributed by atoms with Gasteiger partial charge in [-0.2, -0.15) is 0 Å². The Morgan fingerprint density at radius 1 is 1.08 bits per heavy atom. The average molecular weight is 232 g/mol. The van der Waals surface area contributed by atoms with Crippen LogP contribution in [0.2, 0.25) is 0 Å². The van der Waals surface area contributed by atoms with E-state index in [1.807, 2.05) is 0 Å². The molecule has 4 amide bonds. The van der Waals surface area contributed by atoms with E-state index in [9.17, 15) is 9.59 Å². The molecule has 1 fully saturated rings. The standard InChI is InChI=1S/C4H4Cl3N3O2/c1-2-8(5)3(11)10(7)4(12)9(2)6/h2H,1H3. The van der Waals surface area contributed by atoms with Crippen molar-refractivity contribution >= 4 is 47.4 Å². The topological polar surface area (TPSA) is 43.9 Å². The predicted molar refractivity (Wildman–Crippen MR) is 43.3 cm³/mol. The molecule has 0 unspecified atom stereocenters. The highest BCUT2D eigenvalue weighted by Gasteiger charge is 2.40. The van der Waals surface area contributed by atoms with Crippen molar-refractivity contribution in [3.63, 3.8) is 0 Å². The van der Waals surface area contributed by atoms with Crippen molar-refractivity contribution in [2.24, 2.45) is 0 Å². The summed E-state index contributed by atoms with van der Waals surface area (Å²) in [7, 11) is 0. The van der Waals surface area contributed by atoms with E-state index in [2.05, 4.69) is 0 Å². The molecule has 5 nitrogen and oxygen atoms in total. The van der Waals surface area contributed by atoms with Crippen molar-refractivity contribution in [1.82, 2.24) is 13.3 Å². The molecular formula is C4H4Cl3N3O2. The molecule has 1 heterocycles. The fourth-order valence-electron chi connectivity index (χ4n) is 0.658. The Balaban J connectivity index is 2.91. The highest BCUT2D eigenvalue weighted by Crippen LogP contribution is 2.23. The van der Waals surface area contributed by atoms with Crippen LogP contribution in [0.5, 0.6) is 0 Å². The van der Waals surface area contributed by atoms with Gasteiger partial charge in [-0.05, 0) is 6.92 Å². The lowest BCUT2D eigenvalue weighted by molar-refractivity contribution is 0.133. The van der Waals surface area contributed by atoms with E-state index in [0.717, 1.165) is 8.84 Å². The highest BCUT2D eigenvalue weighted by atomic mass is 35.5. The molecule has 1 aliphatic rings. The van der Waals surface area contributed by atoms with Gasteiger partial charge in [0.1, 0.15) is 6.17 Å². The fraction of sp³-hybridized carbons (Fsp3) is 0.500. The van der Waals surface area contributed by atoms with Crippen LogP contribution in [0.15, 0.2) is 0 Å². The van der Waals surface area contributed by atoms with Gasteiger partial charge >= 0.3 is 12.1 Å². The summed E-state index contributed by atoms with van der Waals surface area (Å²) < 4.78 is 1.75. The van der Waals surface area contributed by atoms with Crippen LogP contribution in [0.3, 0.4) is 0 Å². The van der Waals surface area contributed by atoms with Gasteiger partial charge in [0.15, 0.2) is 0 Å². The Kier molecular flexibility index (Phi) is 2.55. The molecule has 1 aliphatic heterocycles. The lowest BCUT2D eigenvalue weighted by Crippen LogP contribution is -2.56. The fourth-order valence-corrected chi connectivity index (χ4v) is 1.27. The third-order valence-corrected chi connectivity index (χ3v) is 2.50. The molecule has 1 rings (SSSR count). The van der Waals surface area contributed by atoms with Gasteiger partial charge in [-0.3, -0.25) is 0 Å². The summed E-state index contributed by atoms with van der Waals surface area (Å²) in [5.74, 6) is 0. The third-order valence-electron chi connectivity index (χ3n) is 1.36. The summed E-state index contributed by atoms with van der Waals surface area (Å²) in [6, 6.07) is -1.62. The van der Waals surface area contributed by atoms with Gasteiger partial charge in [0.05, 0.1) is 0 Å². The van der Waals surface area contributed by atoms with Crippen molar-refractivity contribution in [2.45, 2.75) is 13.1 Å². The van der Waals surface area contributed by atoms with E-state index in [0.29, 0.717) is 4.42 Å². The highest BCUT2D eigenvalue weighted by molar-refractivity contribution is 6.37. The maximum atomic E-state index is 11.0. The van der Waals surface area contributed by atoms with Crippen molar-refractivity contribution in [3.05, 3.63) is 0 Å². The maximum Gasteiger partial charge on any atom is 0.359 e. The summed E-state index contributed by atoms with van der Waals surface area (Å²) in [6.07, 6.45) is -0.719. The SMILES string of the molecule is CC1N(Cl)C(=O)N(Cl)C(=O)N1Cl. The van der Waals surface area contributed by atoms with Crippen LogP contribution < -0.4 is 0 Å². The van der Waals surface area contributed by atoms with Crippen LogP contribution in [0, 0.1) is 0 Å². The first-order valence-corrected chi connectivity index (χ1v) is 3.92. The smallest absolute Gasteiger partial charge is 0.245 e. The predicted octanol–water partition coefficient (Wildman–Crippen LogP) is 1.95. The lowest BCUT2D eigenvalue weighted by Gasteiger charge is -2.35. The molecule has 0 aromatic rings. The number of hydrogen-bond acceptors (Lipinski definition) is 2. The lowest BCUT2D eigenvalue weighted by atomic mass is 10.5. The van der Waals surface area contributed by atoms with Gasteiger partial charge in [0, 0.05) is 35.3 Å². The minimum Gasteiger partial charge on any atom is -0.245 e. The molecule has 0 aromatic heterocycles. The summed E-state index contributed by atoms with van der Waals surface area (Å²) in [5, 5.41) is 0. The number of urea groups is 2. The number of nitrogens with zero attached hydrogens (tertiary/aromatic N) is 3. The molecule has 0 atom stereocenters. The van der Waals surface area contributed by atoms with Gasteiger partial charge in [0.25, 0.3) is 0 Å². The minimum absolute atomic E-state index is 0.306. The molecule has 1 saturated heterocycles. The molecule has 8 heteroatoms. The minimum atomic E-state index is -0.812. The number of carbonyl (C=O) groups is 2. The first kappa shape index (κ1) is 9.70. The van der Waals surface area contributed by atoms with Crippen LogP contribution in [-0.4, -0.2) is 31.5 Å². The van der Waals surface area contributed by atoms with Crippen LogP contribution in [0.1, 0.15) is 6.92 Å². The average Bonchev–Trinajstić information content (AvgIpc) is 2.08. The van der Waals surface area contributed by atoms with E-state index in [4.69, 9.17) is 35.3 Å². The summed E-state index contributed by atoms with van der Waals surface area (Å²) >= 11 is 16.2. The van der Waals surface area contributed by atoms with Crippen molar-refractivity contribution in [1.29, 1.82) is 0 Å². The Morgan fingerprint density at radius 2 is 1.42 bits per heavy atom. The van der Waals surface area contributed by atoms with Gasteiger partial charge in [-0.15, -0.1) is 4.42 Å². The van der Waals surface area contributed by atoms with E-state index in [-0.39, 0.29) is 0 Å². The first-order valence-electron chi connectivity index (χ1n) is 2.90. The van der Waals surface area contributed by atoms with Gasteiger partial charge in [-0.25, -0.2) is 18.4 Å². The molecule has 0 bridgehead atoms. The molecule has 0 radical (unpaired) electrons. The molecular weight excluding hydrogens is 228 g/mol. The van der Waals surface area contributed by atoms with E-state index in [1.165, 1.54) is 6.92 Å². The van der Waals surface area contributed by atoms with Crippen LogP contribution >= 0.6 is 35.3 Å². The zero-order valence-corrected chi connectivity index (χ0v) is 8.14. The van der Waals surface area contributed by atoms with E-state index >= 15 is 0 Å². The zero-order chi connectivity index (χ0) is 9.46. The maximum absolute atomic E-state index is 11.0. The normalized spacial score (nSPS) is 20.8. The monoisotopic (exact) mass is 231 g/mol. The second-order valence-corrected chi connectivity index (χ2v) is 3.17. The van der Waals surface area contributed by atoms with Gasteiger partial charge in [0.2, 0.25) is 0 Å². The van der Waals surface area contributed by atoms with Crippen LogP contribution in [0.4, 0.5) is 9.59 Å². The van der Waals surface area contributed by atoms with Crippen LogP contribution in [-0.2, 0) is 0 Å². The van der Waals surface area contributed by atoms with E-state index < -0.39 is 18.2 Å². The second kappa shape index (κ2) is 3.16. The van der Waals surface area contributed by atoms with Crippen molar-refractivity contribution in [3.8, 4) is 0 Å². The Morgan fingerprint density at radius 3 is 1.75 bits per heavy atom. The Hall–Kier alpha value is -0.390. The van der Waals surface area contributed by atoms with Gasteiger partial charge in [-0.1, -0.05) is 0 Å². The number of halogens is 3. The number of imide groups is 1. The molecule has 0 N–H and O–H groups in total. The zero-order valence-electron chi connectivity index (χ0n) is 5.87. The molecule has 0 saturated carbocycles. The number of rotatable bonds is 0. The number of carbonyl (C=O) groups excluding carboxylic acids is 2. The van der Waals surface area contributed by atoms with E-state index in [1.54, 1.807) is 0 Å². The molecule has 68 valence electrons. The van der Waals surface area contributed by atoms with Gasteiger partial charge < -0.3 is 0 Å².